The lowest BCUT2D eigenvalue weighted by atomic mass is 9.94. The van der Waals surface area contributed by atoms with Gasteiger partial charge in [-0.25, -0.2) is 13.8 Å². The molecule has 1 aliphatic rings. The van der Waals surface area contributed by atoms with Crippen LogP contribution >= 0.6 is 11.3 Å². The highest BCUT2D eigenvalue weighted by molar-refractivity contribution is 7.17. The van der Waals surface area contributed by atoms with Crippen LogP contribution in [-0.4, -0.2) is 73.2 Å². The molecule has 7 nitrogen and oxygen atoms in total. The number of fused-ring (bicyclic) bond motifs is 2. The van der Waals surface area contributed by atoms with Crippen LogP contribution in [-0.2, 0) is 22.5 Å². The van der Waals surface area contributed by atoms with Gasteiger partial charge in [0.15, 0.2) is 0 Å². The number of carbonyl (C=O) groups excluding carboxylic acids is 1. The summed E-state index contributed by atoms with van der Waals surface area (Å²) in [7, 11) is 5.38. The number of ether oxygens (including phenoxy) is 2. The van der Waals surface area contributed by atoms with Gasteiger partial charge in [-0.1, -0.05) is 12.5 Å². The highest BCUT2D eigenvalue weighted by atomic mass is 32.1. The van der Waals surface area contributed by atoms with E-state index in [9.17, 15) is 9.18 Å². The number of hydrogen-bond acceptors (Lipinski definition) is 7. The summed E-state index contributed by atoms with van der Waals surface area (Å²) >= 11 is 1.41. The zero-order valence-electron chi connectivity index (χ0n) is 23.7. The molecule has 5 rings (SSSR count). The smallest absolute Gasteiger partial charge is 0.246 e. The van der Waals surface area contributed by atoms with Crippen LogP contribution in [0.4, 0.5) is 8.78 Å². The molecule has 10 heteroatoms. The summed E-state index contributed by atoms with van der Waals surface area (Å²) in [6, 6.07) is 5.85. The predicted molar refractivity (Wildman–Crippen MR) is 160 cm³/mol. The molecule has 216 valence electrons. The fourth-order valence-corrected chi connectivity index (χ4v) is 5.81. The lowest BCUT2D eigenvalue weighted by Crippen LogP contribution is -2.35. The molecule has 0 atom stereocenters. The second-order valence-electron chi connectivity index (χ2n) is 10.0. The molecule has 4 heterocycles. The van der Waals surface area contributed by atoms with Crippen LogP contribution < -0.4 is 4.74 Å². The van der Waals surface area contributed by atoms with Crippen LogP contribution in [0.1, 0.15) is 17.0 Å². The van der Waals surface area contributed by atoms with Gasteiger partial charge in [0.25, 0.3) is 0 Å². The van der Waals surface area contributed by atoms with Crippen LogP contribution in [0, 0.1) is 23.5 Å². The molecule has 0 aliphatic carbocycles. The second-order valence-corrected chi connectivity index (χ2v) is 10.9. The lowest BCUT2D eigenvalue weighted by Gasteiger charge is -2.27. The van der Waals surface area contributed by atoms with Crippen LogP contribution in [0.25, 0.3) is 32.5 Å². The van der Waals surface area contributed by atoms with Crippen LogP contribution in [0.3, 0.4) is 0 Å². The molecule has 0 spiro atoms. The molecule has 0 unspecified atom stereocenters. The summed E-state index contributed by atoms with van der Waals surface area (Å²) in [5.74, 6) is 4.68. The summed E-state index contributed by atoms with van der Waals surface area (Å²) in [4.78, 5) is 25.7. The van der Waals surface area contributed by atoms with Gasteiger partial charge in [-0.05, 0) is 49.2 Å². The third-order valence-corrected chi connectivity index (χ3v) is 7.75. The van der Waals surface area contributed by atoms with Gasteiger partial charge in [0, 0.05) is 71.9 Å². The third-order valence-electron chi connectivity index (χ3n) is 6.82. The zero-order chi connectivity index (χ0) is 29.8. The predicted octanol–water partition coefficient (Wildman–Crippen LogP) is 5.31. The molecule has 4 aromatic rings. The quantitative estimate of drug-likeness (QED) is 0.158. The number of rotatable bonds is 8. The number of amides is 1. The number of pyridine rings is 2. The number of thiophene rings is 1. The summed E-state index contributed by atoms with van der Waals surface area (Å²) in [5, 5.41) is 2.65. The first-order chi connectivity index (χ1) is 20.3. The number of aromatic nitrogens is 2. The minimum atomic E-state index is -0.778. The van der Waals surface area contributed by atoms with E-state index in [0.717, 1.165) is 27.4 Å². The van der Waals surface area contributed by atoms with Crippen molar-refractivity contribution in [3.63, 3.8) is 0 Å². The SMILES string of the molecule is C=CC(=O)N1CCc2ncc(-c3nc(C#CCN(C)C)c4ccsc4c3-c3c(F)cc(F)cc3OCCOC)cc2C1. The zero-order valence-corrected chi connectivity index (χ0v) is 24.5. The molecular weight excluding hydrogens is 558 g/mol. The van der Waals surface area contributed by atoms with Crippen molar-refractivity contribution in [2.45, 2.75) is 13.0 Å². The van der Waals surface area contributed by atoms with E-state index in [1.165, 1.54) is 30.6 Å². The normalized spacial score (nSPS) is 12.7. The Hall–Kier alpha value is -4.17. The summed E-state index contributed by atoms with van der Waals surface area (Å²) in [5.41, 5.74) is 3.89. The first kappa shape index (κ1) is 29.3. The monoisotopic (exact) mass is 588 g/mol. The molecule has 1 amide bonds. The lowest BCUT2D eigenvalue weighted by molar-refractivity contribution is -0.126. The Morgan fingerprint density at radius 3 is 2.83 bits per heavy atom. The van der Waals surface area contributed by atoms with E-state index in [-0.39, 0.29) is 30.4 Å². The number of methoxy groups -OCH3 is 1. The number of carbonyl (C=O) groups is 1. The standard InChI is InChI=1S/C32H30F2N4O3S/c1-5-28(39)38-11-8-25-21(19-38)15-20(18-35-25)31-30(29-24(34)16-22(33)17-27(29)41-13-12-40-4)32-23(9-14-42-32)26(36-31)7-6-10-37(2)3/h5,9,14-18H,1,8,10-13,19H2,2-4H3. The molecule has 0 saturated carbocycles. The van der Waals surface area contributed by atoms with Gasteiger partial charge in [-0.3, -0.25) is 14.7 Å². The Bertz CT molecular complexity index is 1720. The second kappa shape index (κ2) is 12.8. The van der Waals surface area contributed by atoms with Crippen LogP contribution in [0.2, 0.25) is 0 Å². The van der Waals surface area contributed by atoms with Crippen molar-refractivity contribution < 1.29 is 23.0 Å². The van der Waals surface area contributed by atoms with E-state index in [4.69, 9.17) is 19.4 Å². The van der Waals surface area contributed by atoms with Gasteiger partial charge < -0.3 is 14.4 Å². The van der Waals surface area contributed by atoms with Gasteiger partial charge in [-0.2, -0.15) is 0 Å². The molecule has 0 bridgehead atoms. The van der Waals surface area contributed by atoms with Crippen molar-refractivity contribution in [3.05, 3.63) is 77.1 Å². The minimum absolute atomic E-state index is 0.0439. The first-order valence-electron chi connectivity index (χ1n) is 13.4. The minimum Gasteiger partial charge on any atom is -0.490 e. The maximum atomic E-state index is 15.8. The maximum Gasteiger partial charge on any atom is 0.246 e. The summed E-state index contributed by atoms with van der Waals surface area (Å²) in [6.45, 7) is 5.39. The highest BCUT2D eigenvalue weighted by Gasteiger charge is 2.26. The number of hydrogen-bond donors (Lipinski definition) is 0. The number of halogens is 2. The Kier molecular flexibility index (Phi) is 8.92. The average Bonchev–Trinajstić information content (AvgIpc) is 3.46. The third kappa shape index (κ3) is 6.04. The molecule has 42 heavy (non-hydrogen) atoms. The Labute approximate surface area is 247 Å². The van der Waals surface area contributed by atoms with E-state index < -0.39 is 11.6 Å². The van der Waals surface area contributed by atoms with Crippen molar-refractivity contribution >= 4 is 27.3 Å². The molecule has 1 aliphatic heterocycles. The van der Waals surface area contributed by atoms with E-state index in [0.29, 0.717) is 48.6 Å². The van der Waals surface area contributed by atoms with E-state index >= 15 is 4.39 Å². The topological polar surface area (TPSA) is 67.8 Å². The maximum absolute atomic E-state index is 15.8. The molecule has 0 radical (unpaired) electrons. The van der Waals surface area contributed by atoms with E-state index in [1.54, 1.807) is 11.1 Å². The average molecular weight is 589 g/mol. The van der Waals surface area contributed by atoms with Crippen molar-refractivity contribution in [2.75, 3.05) is 47.5 Å². The number of benzene rings is 1. The Morgan fingerprint density at radius 1 is 1.24 bits per heavy atom. The fraction of sp³-hybridized carbons (Fsp3) is 0.281. The van der Waals surface area contributed by atoms with Crippen LogP contribution in [0.5, 0.6) is 5.75 Å². The van der Waals surface area contributed by atoms with Gasteiger partial charge in [0.05, 0.1) is 24.4 Å². The fourth-order valence-electron chi connectivity index (χ4n) is 4.86. The molecule has 0 N–H and O–H groups in total. The summed E-state index contributed by atoms with van der Waals surface area (Å²) < 4.78 is 41.9. The van der Waals surface area contributed by atoms with Crippen molar-refractivity contribution in [1.82, 2.24) is 19.8 Å². The molecule has 0 fully saturated rings. The molecule has 3 aromatic heterocycles. The van der Waals surface area contributed by atoms with Crippen LogP contribution in [0.15, 0.2) is 48.5 Å². The number of nitrogens with zero attached hydrogens (tertiary/aromatic N) is 4. The molecular formula is C32H30F2N4O3S. The Morgan fingerprint density at radius 2 is 2.07 bits per heavy atom. The van der Waals surface area contributed by atoms with Gasteiger partial charge in [0.2, 0.25) is 5.91 Å². The van der Waals surface area contributed by atoms with E-state index in [1.807, 2.05) is 36.5 Å². The van der Waals surface area contributed by atoms with Crippen molar-refractivity contribution in [2.24, 2.45) is 0 Å². The van der Waals surface area contributed by atoms with Crippen molar-refractivity contribution in [3.8, 4) is 40.0 Å². The largest absolute Gasteiger partial charge is 0.490 e. The summed E-state index contributed by atoms with van der Waals surface area (Å²) in [6.07, 6.45) is 3.61. The van der Waals surface area contributed by atoms with Gasteiger partial charge in [-0.15, -0.1) is 11.3 Å². The van der Waals surface area contributed by atoms with Crippen molar-refractivity contribution in [1.29, 1.82) is 0 Å². The van der Waals surface area contributed by atoms with Gasteiger partial charge >= 0.3 is 0 Å². The highest BCUT2D eigenvalue weighted by Crippen LogP contribution is 2.45. The van der Waals surface area contributed by atoms with E-state index in [2.05, 4.69) is 18.4 Å². The van der Waals surface area contributed by atoms with Gasteiger partial charge in [0.1, 0.15) is 29.7 Å². The Balaban J connectivity index is 1.76. The molecule has 0 saturated heterocycles. The molecule has 1 aromatic carbocycles. The first-order valence-corrected chi connectivity index (χ1v) is 14.2.